The van der Waals surface area contributed by atoms with Gasteiger partial charge < -0.3 is 30.2 Å². The topological polar surface area (TPSA) is 115 Å². The van der Waals surface area contributed by atoms with Gasteiger partial charge in [-0.2, -0.15) is 0 Å². The number of carbonyl (C=O) groups is 3. The first-order valence-corrected chi connectivity index (χ1v) is 11.8. The molecule has 1 aliphatic heterocycles. The highest BCUT2D eigenvalue weighted by molar-refractivity contribution is 5.89. The quantitative estimate of drug-likeness (QED) is 0.535. The average molecular weight is 454 g/mol. The van der Waals surface area contributed by atoms with E-state index in [1.165, 1.54) is 7.11 Å². The van der Waals surface area contributed by atoms with Crippen molar-refractivity contribution >= 4 is 17.8 Å². The number of ether oxygens (including phenoxy) is 3. The SMILES string of the molecule is CNC1C(=O)NCC(=O)N[C@H](C(=O)OC)CC2CCC(OC)C(C2)C2CC1CCC2OC. The van der Waals surface area contributed by atoms with Crippen molar-refractivity contribution in [3.05, 3.63) is 0 Å². The van der Waals surface area contributed by atoms with Gasteiger partial charge in [0.05, 0.1) is 31.9 Å². The predicted octanol–water partition coefficient (Wildman–Crippen LogP) is 0.615. The Morgan fingerprint density at radius 1 is 0.938 bits per heavy atom. The smallest absolute Gasteiger partial charge is 0.328 e. The Morgan fingerprint density at radius 3 is 2.22 bits per heavy atom. The van der Waals surface area contributed by atoms with E-state index in [0.717, 1.165) is 38.5 Å². The monoisotopic (exact) mass is 453 g/mol. The van der Waals surface area contributed by atoms with Crippen molar-refractivity contribution in [2.24, 2.45) is 23.7 Å². The first-order valence-electron chi connectivity index (χ1n) is 11.8. The second kappa shape index (κ2) is 11.4. The summed E-state index contributed by atoms with van der Waals surface area (Å²) < 4.78 is 16.8. The van der Waals surface area contributed by atoms with Gasteiger partial charge >= 0.3 is 5.97 Å². The summed E-state index contributed by atoms with van der Waals surface area (Å²) in [7, 11) is 6.64. The molecule has 2 amide bonds. The van der Waals surface area contributed by atoms with E-state index in [4.69, 9.17) is 14.2 Å². The van der Waals surface area contributed by atoms with Crippen LogP contribution in [0.25, 0.3) is 0 Å². The molecular formula is C23H39N3O6. The van der Waals surface area contributed by atoms with Crippen LogP contribution in [0, 0.1) is 23.7 Å². The Hall–Kier alpha value is -1.71. The number of nitrogens with one attached hydrogen (secondary N) is 3. The van der Waals surface area contributed by atoms with Crippen LogP contribution in [0.15, 0.2) is 0 Å². The van der Waals surface area contributed by atoms with Crippen molar-refractivity contribution in [3.63, 3.8) is 0 Å². The zero-order chi connectivity index (χ0) is 23.3. The van der Waals surface area contributed by atoms with Crippen molar-refractivity contribution in [1.82, 2.24) is 16.0 Å². The highest BCUT2D eigenvalue weighted by Gasteiger charge is 2.45. The molecule has 9 heteroatoms. The third-order valence-corrected chi connectivity index (χ3v) is 7.85. The molecular weight excluding hydrogens is 414 g/mol. The molecule has 0 aromatic carbocycles. The highest BCUT2D eigenvalue weighted by atomic mass is 16.5. The minimum Gasteiger partial charge on any atom is -0.467 e. The van der Waals surface area contributed by atoms with E-state index in [9.17, 15) is 14.4 Å². The minimum absolute atomic E-state index is 0.119. The normalized spacial score (nSPS) is 38.8. The molecule has 3 N–H and O–H groups in total. The van der Waals surface area contributed by atoms with Crippen molar-refractivity contribution in [3.8, 4) is 0 Å². The van der Waals surface area contributed by atoms with Gasteiger partial charge in [0.2, 0.25) is 11.8 Å². The number of amides is 2. The molecule has 8 atom stereocenters. The number of fused-ring (bicyclic) bond motifs is 5. The van der Waals surface area contributed by atoms with Gasteiger partial charge in [-0.25, -0.2) is 4.79 Å². The zero-order valence-corrected chi connectivity index (χ0v) is 19.7. The third kappa shape index (κ3) is 5.61. The number of rotatable bonds is 4. The van der Waals surface area contributed by atoms with E-state index in [-0.39, 0.29) is 60.3 Å². The molecule has 1 heterocycles. The number of hydrogen-bond acceptors (Lipinski definition) is 7. The fourth-order valence-corrected chi connectivity index (χ4v) is 6.28. The molecule has 9 nitrogen and oxygen atoms in total. The molecule has 0 aromatic heterocycles. The fourth-order valence-electron chi connectivity index (χ4n) is 6.28. The van der Waals surface area contributed by atoms with Crippen LogP contribution >= 0.6 is 0 Å². The maximum Gasteiger partial charge on any atom is 0.328 e. The first kappa shape index (κ1) is 24.9. The summed E-state index contributed by atoms with van der Waals surface area (Å²) in [5.74, 6) is -0.0759. The lowest BCUT2D eigenvalue weighted by Gasteiger charge is -2.47. The Morgan fingerprint density at radius 2 is 1.59 bits per heavy atom. The summed E-state index contributed by atoms with van der Waals surface area (Å²) in [6.07, 6.45) is 6.14. The van der Waals surface area contributed by atoms with Gasteiger partial charge in [0.1, 0.15) is 6.04 Å². The van der Waals surface area contributed by atoms with E-state index >= 15 is 0 Å². The predicted molar refractivity (Wildman–Crippen MR) is 118 cm³/mol. The molecule has 3 aliphatic rings. The molecule has 4 bridgehead atoms. The van der Waals surface area contributed by atoms with E-state index in [2.05, 4.69) is 16.0 Å². The maximum atomic E-state index is 12.9. The molecule has 0 spiro atoms. The third-order valence-electron chi connectivity index (χ3n) is 7.85. The van der Waals surface area contributed by atoms with Crippen molar-refractivity contribution in [2.75, 3.05) is 34.9 Å². The summed E-state index contributed by atoms with van der Waals surface area (Å²) >= 11 is 0. The Balaban J connectivity index is 1.92. The number of carbonyl (C=O) groups excluding carboxylic acids is 3. The molecule has 0 radical (unpaired) electrons. The molecule has 0 aromatic rings. The van der Waals surface area contributed by atoms with Crippen molar-refractivity contribution in [2.45, 2.75) is 69.2 Å². The van der Waals surface area contributed by atoms with Crippen LogP contribution in [0.2, 0.25) is 0 Å². The fraction of sp³-hybridized carbons (Fsp3) is 0.870. The van der Waals surface area contributed by atoms with Crippen LogP contribution in [0.1, 0.15) is 44.9 Å². The summed E-state index contributed by atoms with van der Waals surface area (Å²) in [5, 5.41) is 8.67. The van der Waals surface area contributed by atoms with E-state index < -0.39 is 12.0 Å². The number of likely N-dealkylation sites (N-methyl/N-ethyl adjacent to an activating group) is 1. The Kier molecular flexibility index (Phi) is 8.90. The van der Waals surface area contributed by atoms with Crippen molar-refractivity contribution < 1.29 is 28.6 Å². The summed E-state index contributed by atoms with van der Waals surface area (Å²) in [6, 6.07) is -1.11. The van der Waals surface area contributed by atoms with Gasteiger partial charge in [0.25, 0.3) is 0 Å². The van der Waals surface area contributed by atoms with Gasteiger partial charge in [-0.15, -0.1) is 0 Å². The Labute approximate surface area is 190 Å². The molecule has 2 saturated carbocycles. The van der Waals surface area contributed by atoms with Crippen LogP contribution in [0.4, 0.5) is 0 Å². The van der Waals surface area contributed by atoms with E-state index in [1.807, 2.05) is 0 Å². The van der Waals surface area contributed by atoms with Crippen LogP contribution in [-0.2, 0) is 28.6 Å². The van der Waals surface area contributed by atoms with E-state index in [0.29, 0.717) is 6.42 Å². The summed E-state index contributed by atoms with van der Waals surface area (Å²) in [4.78, 5) is 37.8. The van der Waals surface area contributed by atoms with Crippen LogP contribution in [0.3, 0.4) is 0 Å². The lowest BCUT2D eigenvalue weighted by atomic mass is 9.64. The van der Waals surface area contributed by atoms with Gasteiger partial charge in [0, 0.05) is 14.2 Å². The highest BCUT2D eigenvalue weighted by Crippen LogP contribution is 2.45. The van der Waals surface area contributed by atoms with Gasteiger partial charge in [-0.05, 0) is 75.7 Å². The lowest BCUT2D eigenvalue weighted by Crippen LogP contribution is -2.54. The largest absolute Gasteiger partial charge is 0.467 e. The standard InChI is InChI=1S/C23H39N3O6/c1-24-21-14-6-8-19(31-3)16(11-14)15-9-13(5-7-18(15)30-2)10-17(23(29)32-4)26-20(27)12-25-22(21)28/h13-19,21,24H,5-12H2,1-4H3,(H,25,28)(H,26,27)/t13?,14?,15?,16?,17-,18?,19?,21?/m0/s1. The average Bonchev–Trinajstić information content (AvgIpc) is 2.81. The van der Waals surface area contributed by atoms with Gasteiger partial charge in [0.15, 0.2) is 0 Å². The minimum atomic E-state index is -0.727. The molecule has 2 aliphatic carbocycles. The maximum absolute atomic E-state index is 12.9. The molecule has 3 fully saturated rings. The first-order chi connectivity index (χ1) is 15.4. The molecule has 1 saturated heterocycles. The Bertz CT molecular complexity index is 674. The van der Waals surface area contributed by atoms with Crippen molar-refractivity contribution in [1.29, 1.82) is 0 Å². The van der Waals surface area contributed by atoms with Gasteiger partial charge in [-0.1, -0.05) is 0 Å². The summed E-state index contributed by atoms with van der Waals surface area (Å²) in [6.45, 7) is -0.166. The van der Waals surface area contributed by atoms with Gasteiger partial charge in [-0.3, -0.25) is 9.59 Å². The molecule has 7 unspecified atom stereocenters. The zero-order valence-electron chi connectivity index (χ0n) is 19.7. The second-order valence-electron chi connectivity index (χ2n) is 9.49. The second-order valence-corrected chi connectivity index (χ2v) is 9.49. The number of hydrogen-bond donors (Lipinski definition) is 3. The van der Waals surface area contributed by atoms with Crippen LogP contribution in [0.5, 0.6) is 0 Å². The number of methoxy groups -OCH3 is 3. The molecule has 32 heavy (non-hydrogen) atoms. The lowest BCUT2D eigenvalue weighted by molar-refractivity contribution is -0.146. The number of esters is 1. The molecule has 182 valence electrons. The van der Waals surface area contributed by atoms with Crippen LogP contribution in [-0.4, -0.2) is 77.0 Å². The molecule has 3 rings (SSSR count). The van der Waals surface area contributed by atoms with Crippen LogP contribution < -0.4 is 16.0 Å². The van der Waals surface area contributed by atoms with E-state index in [1.54, 1.807) is 21.3 Å². The summed E-state index contributed by atoms with van der Waals surface area (Å²) in [5.41, 5.74) is 0.